The fourth-order valence-electron chi connectivity index (χ4n) is 3.01. The quantitative estimate of drug-likeness (QED) is 0.568. The minimum atomic E-state index is -0.124. The molecule has 134 valence electrons. The summed E-state index contributed by atoms with van der Waals surface area (Å²) in [6.07, 6.45) is 3.50. The lowest BCUT2D eigenvalue weighted by molar-refractivity contribution is 0.0952. The van der Waals surface area contributed by atoms with Crippen LogP contribution in [0.3, 0.4) is 0 Å². The van der Waals surface area contributed by atoms with Crippen LogP contribution in [0, 0.1) is 0 Å². The molecule has 6 heteroatoms. The van der Waals surface area contributed by atoms with Crippen LogP contribution in [0.1, 0.15) is 10.4 Å². The number of hydrogen-bond donors (Lipinski definition) is 1. The number of nitrogens with one attached hydrogen (secondary N) is 1. The summed E-state index contributed by atoms with van der Waals surface area (Å²) in [4.78, 5) is 21.1. The number of fused-ring (bicyclic) bond motifs is 1. The maximum Gasteiger partial charge on any atom is 0.251 e. The van der Waals surface area contributed by atoms with Crippen molar-refractivity contribution in [1.29, 1.82) is 0 Å². The molecule has 0 aliphatic heterocycles. The number of carbonyl (C=O) groups excluding carboxylic acids is 1. The number of imidazole rings is 1. The molecule has 0 fully saturated rings. The Bertz CT molecular complexity index is 1070. The van der Waals surface area contributed by atoms with Crippen LogP contribution < -0.4 is 5.32 Å². The van der Waals surface area contributed by atoms with Crippen molar-refractivity contribution in [2.75, 3.05) is 6.54 Å². The number of rotatable bonds is 5. The van der Waals surface area contributed by atoms with Crippen LogP contribution in [0.4, 0.5) is 0 Å². The van der Waals surface area contributed by atoms with E-state index in [1.54, 1.807) is 36.7 Å². The summed E-state index contributed by atoms with van der Waals surface area (Å²) in [7, 11) is 0. The van der Waals surface area contributed by atoms with E-state index >= 15 is 0 Å². The molecule has 27 heavy (non-hydrogen) atoms. The number of hydrogen-bond acceptors (Lipinski definition) is 3. The van der Waals surface area contributed by atoms with E-state index in [-0.39, 0.29) is 5.91 Å². The predicted octanol–water partition coefficient (Wildman–Crippen LogP) is 4.18. The van der Waals surface area contributed by atoms with Gasteiger partial charge in [-0.3, -0.25) is 9.78 Å². The van der Waals surface area contributed by atoms with Crippen LogP contribution >= 0.6 is 11.6 Å². The van der Waals surface area contributed by atoms with Crippen LogP contribution in [-0.4, -0.2) is 27.0 Å². The molecule has 0 spiro atoms. The summed E-state index contributed by atoms with van der Waals surface area (Å²) in [6.45, 7) is 1.09. The van der Waals surface area contributed by atoms with Gasteiger partial charge in [0.15, 0.2) is 0 Å². The highest BCUT2D eigenvalue weighted by atomic mass is 35.5. The molecule has 2 aromatic heterocycles. The normalized spacial score (nSPS) is 10.9. The highest BCUT2D eigenvalue weighted by Gasteiger charge is 2.12. The van der Waals surface area contributed by atoms with Crippen LogP contribution in [0.5, 0.6) is 0 Å². The van der Waals surface area contributed by atoms with Gasteiger partial charge in [-0.15, -0.1) is 0 Å². The van der Waals surface area contributed by atoms with E-state index in [0.29, 0.717) is 23.7 Å². The lowest BCUT2D eigenvalue weighted by Crippen LogP contribution is -2.27. The van der Waals surface area contributed by atoms with Crippen molar-refractivity contribution in [3.05, 3.63) is 83.6 Å². The number of carbonyl (C=O) groups is 1. The zero-order valence-corrected chi connectivity index (χ0v) is 15.2. The molecule has 2 aromatic carbocycles. The molecule has 0 radical (unpaired) electrons. The number of halogens is 1. The van der Waals surface area contributed by atoms with Crippen LogP contribution in [0.25, 0.3) is 22.4 Å². The monoisotopic (exact) mass is 376 g/mol. The number of benzene rings is 2. The largest absolute Gasteiger partial charge is 0.350 e. The average molecular weight is 377 g/mol. The molecule has 0 saturated heterocycles. The van der Waals surface area contributed by atoms with E-state index in [1.165, 1.54) is 0 Å². The SMILES string of the molecule is O=C(NCCn1c(-c2ccncc2)nc2ccccc21)c1ccc(Cl)cc1. The highest BCUT2D eigenvalue weighted by molar-refractivity contribution is 6.30. The first-order valence-corrected chi connectivity index (χ1v) is 8.99. The first-order chi connectivity index (χ1) is 13.2. The lowest BCUT2D eigenvalue weighted by Gasteiger charge is -2.10. The molecule has 0 bridgehead atoms. The second-order valence-corrected chi connectivity index (χ2v) is 6.51. The first-order valence-electron chi connectivity index (χ1n) is 8.62. The molecule has 0 saturated carbocycles. The molecule has 0 aliphatic carbocycles. The van der Waals surface area contributed by atoms with Gasteiger partial charge in [-0.1, -0.05) is 23.7 Å². The van der Waals surface area contributed by atoms with Gasteiger partial charge in [0.1, 0.15) is 5.82 Å². The molecule has 0 atom stereocenters. The third-order valence-electron chi connectivity index (χ3n) is 4.32. The van der Waals surface area contributed by atoms with E-state index < -0.39 is 0 Å². The summed E-state index contributed by atoms with van der Waals surface area (Å²) >= 11 is 5.87. The number of pyridine rings is 1. The fourth-order valence-corrected chi connectivity index (χ4v) is 3.13. The van der Waals surface area contributed by atoms with Crippen molar-refractivity contribution >= 4 is 28.5 Å². The summed E-state index contributed by atoms with van der Waals surface area (Å²) in [5.74, 6) is 0.737. The Hall–Kier alpha value is -3.18. The molecule has 5 nitrogen and oxygen atoms in total. The molecule has 2 heterocycles. The Morgan fingerprint density at radius 3 is 2.52 bits per heavy atom. The summed E-state index contributed by atoms with van der Waals surface area (Å²) in [5.41, 5.74) is 3.54. The van der Waals surface area contributed by atoms with Gasteiger partial charge in [-0.2, -0.15) is 0 Å². The maximum atomic E-state index is 12.3. The Morgan fingerprint density at radius 2 is 1.74 bits per heavy atom. The smallest absolute Gasteiger partial charge is 0.251 e. The second kappa shape index (κ2) is 7.60. The Balaban J connectivity index is 1.56. The van der Waals surface area contributed by atoms with E-state index in [9.17, 15) is 4.79 Å². The number of para-hydroxylation sites is 2. The van der Waals surface area contributed by atoms with Gasteiger partial charge in [0.2, 0.25) is 0 Å². The summed E-state index contributed by atoms with van der Waals surface area (Å²) in [5, 5.41) is 3.57. The zero-order valence-electron chi connectivity index (χ0n) is 14.5. The van der Waals surface area contributed by atoms with Crippen LogP contribution in [0.2, 0.25) is 5.02 Å². The molecule has 1 amide bonds. The minimum Gasteiger partial charge on any atom is -0.350 e. The van der Waals surface area contributed by atoms with Crippen molar-refractivity contribution in [3.8, 4) is 11.4 Å². The molecular weight excluding hydrogens is 360 g/mol. The van der Waals surface area contributed by atoms with Crippen molar-refractivity contribution < 1.29 is 4.79 Å². The molecule has 4 rings (SSSR count). The van der Waals surface area contributed by atoms with E-state index in [1.807, 2.05) is 36.4 Å². The molecule has 1 N–H and O–H groups in total. The third-order valence-corrected chi connectivity index (χ3v) is 4.57. The average Bonchev–Trinajstić information content (AvgIpc) is 3.08. The Morgan fingerprint density at radius 1 is 1.00 bits per heavy atom. The Kier molecular flexibility index (Phi) is 4.85. The first kappa shape index (κ1) is 17.2. The van der Waals surface area contributed by atoms with Crippen molar-refractivity contribution in [3.63, 3.8) is 0 Å². The number of nitrogens with zero attached hydrogens (tertiary/aromatic N) is 3. The van der Waals surface area contributed by atoms with E-state index in [4.69, 9.17) is 16.6 Å². The van der Waals surface area contributed by atoms with Gasteiger partial charge in [0.25, 0.3) is 5.91 Å². The molecular formula is C21H17ClN4O. The minimum absolute atomic E-state index is 0.124. The van der Waals surface area contributed by atoms with Crippen molar-refractivity contribution in [2.45, 2.75) is 6.54 Å². The fraction of sp³-hybridized carbons (Fsp3) is 0.0952. The van der Waals surface area contributed by atoms with Gasteiger partial charge in [0.05, 0.1) is 11.0 Å². The van der Waals surface area contributed by atoms with E-state index in [0.717, 1.165) is 22.4 Å². The van der Waals surface area contributed by atoms with Crippen molar-refractivity contribution in [2.24, 2.45) is 0 Å². The van der Waals surface area contributed by atoms with Crippen LogP contribution in [-0.2, 0) is 6.54 Å². The lowest BCUT2D eigenvalue weighted by atomic mass is 10.2. The summed E-state index contributed by atoms with van der Waals surface area (Å²) in [6, 6.07) is 18.7. The zero-order chi connectivity index (χ0) is 18.6. The Labute approximate surface area is 161 Å². The van der Waals surface area contributed by atoms with Gasteiger partial charge < -0.3 is 9.88 Å². The maximum absolute atomic E-state index is 12.3. The van der Waals surface area contributed by atoms with Gasteiger partial charge in [-0.05, 0) is 48.5 Å². The highest BCUT2D eigenvalue weighted by Crippen LogP contribution is 2.24. The van der Waals surface area contributed by atoms with Crippen molar-refractivity contribution in [1.82, 2.24) is 19.9 Å². The van der Waals surface area contributed by atoms with Gasteiger partial charge >= 0.3 is 0 Å². The topological polar surface area (TPSA) is 59.8 Å². The molecule has 4 aromatic rings. The second-order valence-electron chi connectivity index (χ2n) is 6.07. The molecule has 0 aliphatic rings. The number of aromatic nitrogens is 3. The standard InChI is InChI=1S/C21H17ClN4O/c22-17-7-5-16(6-8-17)21(27)24-13-14-26-19-4-2-1-3-18(19)25-20(26)15-9-11-23-12-10-15/h1-12H,13-14H2,(H,24,27). The van der Waals surface area contributed by atoms with E-state index in [2.05, 4.69) is 14.9 Å². The predicted molar refractivity (Wildman–Crippen MR) is 107 cm³/mol. The van der Waals surface area contributed by atoms with Crippen LogP contribution in [0.15, 0.2) is 73.1 Å². The number of amides is 1. The third kappa shape index (κ3) is 3.68. The van der Waals surface area contributed by atoms with Gasteiger partial charge in [-0.25, -0.2) is 4.98 Å². The van der Waals surface area contributed by atoms with Gasteiger partial charge in [0, 0.05) is 41.6 Å². The summed E-state index contributed by atoms with van der Waals surface area (Å²) < 4.78 is 2.12. The molecule has 0 unspecified atom stereocenters.